The minimum absolute atomic E-state index is 0.0725. The quantitative estimate of drug-likeness (QED) is 0.444. The second kappa shape index (κ2) is 11.5. The molecule has 0 bridgehead atoms. The Morgan fingerprint density at radius 1 is 0.857 bits per heavy atom. The van der Waals surface area contributed by atoms with Crippen molar-refractivity contribution in [2.45, 2.75) is 11.8 Å². The molecule has 0 unspecified atom stereocenters. The average Bonchev–Trinajstić information content (AvgIpc) is 2.83. The zero-order valence-corrected chi connectivity index (χ0v) is 20.5. The predicted molar refractivity (Wildman–Crippen MR) is 134 cm³/mol. The van der Waals surface area contributed by atoms with Gasteiger partial charge in [0.2, 0.25) is 5.91 Å². The maximum absolute atomic E-state index is 12.8. The van der Waals surface area contributed by atoms with Crippen molar-refractivity contribution in [3.05, 3.63) is 78.4 Å². The summed E-state index contributed by atoms with van der Waals surface area (Å²) in [7, 11) is -0.799. The summed E-state index contributed by atoms with van der Waals surface area (Å²) in [5, 5.41) is 5.35. The van der Waals surface area contributed by atoms with Gasteiger partial charge in [-0.1, -0.05) is 23.8 Å². The number of nitrogens with zero attached hydrogens (tertiary/aromatic N) is 1. The Bertz CT molecular complexity index is 1280. The summed E-state index contributed by atoms with van der Waals surface area (Å²) in [4.78, 5) is 24.1. The summed E-state index contributed by atoms with van der Waals surface area (Å²) in [6.45, 7) is 1.56. The molecule has 0 aliphatic carbocycles. The molecular formula is C25H27N3O6S. The molecule has 0 aromatic heterocycles. The van der Waals surface area contributed by atoms with Gasteiger partial charge in [0.25, 0.3) is 15.9 Å². The summed E-state index contributed by atoms with van der Waals surface area (Å²) < 4.78 is 37.2. The van der Waals surface area contributed by atoms with E-state index in [4.69, 9.17) is 9.47 Å². The van der Waals surface area contributed by atoms with Crippen LogP contribution in [0.3, 0.4) is 0 Å². The first kappa shape index (κ1) is 25.7. The van der Waals surface area contributed by atoms with Crippen LogP contribution >= 0.6 is 0 Å². The van der Waals surface area contributed by atoms with Gasteiger partial charge in [0, 0.05) is 25.5 Å². The van der Waals surface area contributed by atoms with E-state index < -0.39 is 15.9 Å². The predicted octanol–water partition coefficient (Wildman–Crippen LogP) is 3.42. The number of carbonyl (C=O) groups is 2. The largest absolute Gasteiger partial charge is 0.484 e. The number of nitrogens with one attached hydrogen (secondary N) is 2. The fourth-order valence-corrected chi connectivity index (χ4v) is 4.30. The van der Waals surface area contributed by atoms with E-state index in [-0.39, 0.29) is 24.0 Å². The van der Waals surface area contributed by atoms with Gasteiger partial charge < -0.3 is 20.1 Å². The summed E-state index contributed by atoms with van der Waals surface area (Å²) in [6.07, 6.45) is 0. The number of carbonyl (C=O) groups excluding carboxylic acids is 2. The maximum Gasteiger partial charge on any atom is 0.264 e. The van der Waals surface area contributed by atoms with E-state index in [1.807, 2.05) is 6.92 Å². The maximum atomic E-state index is 12.8. The van der Waals surface area contributed by atoms with E-state index in [1.54, 1.807) is 72.8 Å². The Labute approximate surface area is 204 Å². The minimum Gasteiger partial charge on any atom is -0.484 e. The van der Waals surface area contributed by atoms with Crippen LogP contribution in [0.25, 0.3) is 0 Å². The first-order valence-electron chi connectivity index (χ1n) is 10.7. The van der Waals surface area contributed by atoms with Crippen molar-refractivity contribution in [3.8, 4) is 5.75 Å². The molecule has 0 aliphatic rings. The highest BCUT2D eigenvalue weighted by molar-refractivity contribution is 7.92. The Morgan fingerprint density at radius 3 is 2.00 bits per heavy atom. The van der Waals surface area contributed by atoms with Crippen LogP contribution in [0.4, 0.5) is 17.1 Å². The Balaban J connectivity index is 1.56. The summed E-state index contributed by atoms with van der Waals surface area (Å²) in [5.74, 6) is -0.292. The van der Waals surface area contributed by atoms with Gasteiger partial charge in [-0.25, -0.2) is 8.42 Å². The van der Waals surface area contributed by atoms with Crippen molar-refractivity contribution in [1.29, 1.82) is 0 Å². The third-order valence-corrected chi connectivity index (χ3v) is 6.75. The van der Waals surface area contributed by atoms with Crippen LogP contribution in [0.5, 0.6) is 5.75 Å². The highest BCUT2D eigenvalue weighted by Gasteiger charge is 2.21. The molecule has 10 heteroatoms. The van der Waals surface area contributed by atoms with E-state index in [0.29, 0.717) is 22.8 Å². The fraction of sp³-hybridized carbons (Fsp3) is 0.200. The zero-order chi connectivity index (χ0) is 25.4. The lowest BCUT2D eigenvalue weighted by atomic mass is 10.2. The lowest BCUT2D eigenvalue weighted by molar-refractivity contribution is -0.119. The Morgan fingerprint density at radius 2 is 1.43 bits per heavy atom. The third kappa shape index (κ3) is 7.05. The van der Waals surface area contributed by atoms with Gasteiger partial charge in [-0.15, -0.1) is 0 Å². The lowest BCUT2D eigenvalue weighted by Crippen LogP contribution is -2.26. The van der Waals surface area contributed by atoms with E-state index in [9.17, 15) is 18.0 Å². The molecule has 35 heavy (non-hydrogen) atoms. The molecule has 3 aromatic rings. The molecule has 0 heterocycles. The molecule has 2 amide bonds. The van der Waals surface area contributed by atoms with E-state index >= 15 is 0 Å². The van der Waals surface area contributed by atoms with Gasteiger partial charge in [-0.3, -0.25) is 13.9 Å². The normalized spacial score (nSPS) is 10.9. The standard InChI is InChI=1S/C25H27N3O6S/c1-18-7-13-23(14-8-18)35(31,32)28(2)21-9-11-22(12-10-21)34-17-25(30)27-20-6-4-5-19(15-20)26-24(29)16-33-3/h4-15H,16-17H2,1-3H3,(H,26,29)(H,27,30). The number of amides is 2. The number of anilines is 3. The lowest BCUT2D eigenvalue weighted by Gasteiger charge is -2.20. The van der Waals surface area contributed by atoms with Crippen LogP contribution < -0.4 is 19.7 Å². The van der Waals surface area contributed by atoms with Crippen molar-refractivity contribution in [3.63, 3.8) is 0 Å². The zero-order valence-electron chi connectivity index (χ0n) is 19.6. The Kier molecular flexibility index (Phi) is 8.45. The Hall–Kier alpha value is -3.89. The molecule has 9 nitrogen and oxygen atoms in total. The number of ether oxygens (including phenoxy) is 2. The molecular weight excluding hydrogens is 470 g/mol. The van der Waals surface area contributed by atoms with Crippen LogP contribution in [-0.4, -0.2) is 47.6 Å². The van der Waals surface area contributed by atoms with Crippen LogP contribution in [0, 0.1) is 6.92 Å². The molecule has 184 valence electrons. The SMILES string of the molecule is COCC(=O)Nc1cccc(NC(=O)COc2ccc(N(C)S(=O)(=O)c3ccc(C)cc3)cc2)c1. The first-order chi connectivity index (χ1) is 16.7. The van der Waals surface area contributed by atoms with Crippen molar-refractivity contribution < 1.29 is 27.5 Å². The fourth-order valence-electron chi connectivity index (χ4n) is 3.11. The van der Waals surface area contributed by atoms with Gasteiger partial charge in [0.15, 0.2) is 6.61 Å². The van der Waals surface area contributed by atoms with Gasteiger partial charge in [-0.2, -0.15) is 0 Å². The van der Waals surface area contributed by atoms with E-state index in [0.717, 1.165) is 5.56 Å². The van der Waals surface area contributed by atoms with Gasteiger partial charge in [-0.05, 0) is 61.5 Å². The molecule has 2 N–H and O–H groups in total. The minimum atomic E-state index is -3.70. The highest BCUT2D eigenvalue weighted by atomic mass is 32.2. The van der Waals surface area contributed by atoms with Crippen molar-refractivity contribution in [2.75, 3.05) is 42.3 Å². The number of methoxy groups -OCH3 is 1. The molecule has 3 aromatic carbocycles. The average molecular weight is 498 g/mol. The number of hydrogen-bond acceptors (Lipinski definition) is 6. The number of benzene rings is 3. The molecule has 0 spiro atoms. The second-order valence-corrected chi connectivity index (χ2v) is 9.65. The van der Waals surface area contributed by atoms with Gasteiger partial charge in [0.05, 0.1) is 10.6 Å². The van der Waals surface area contributed by atoms with Crippen molar-refractivity contribution in [2.24, 2.45) is 0 Å². The summed E-state index contributed by atoms with van der Waals surface area (Å²) >= 11 is 0. The molecule has 0 atom stereocenters. The molecule has 0 aliphatic heterocycles. The number of rotatable bonds is 10. The first-order valence-corrected chi connectivity index (χ1v) is 12.1. The van der Waals surface area contributed by atoms with Crippen molar-refractivity contribution >= 4 is 38.9 Å². The highest BCUT2D eigenvalue weighted by Crippen LogP contribution is 2.24. The molecule has 0 fully saturated rings. The number of aryl methyl sites for hydroxylation is 1. The van der Waals surface area contributed by atoms with Crippen LogP contribution in [0.15, 0.2) is 77.7 Å². The monoisotopic (exact) mass is 497 g/mol. The van der Waals surface area contributed by atoms with E-state index in [2.05, 4.69) is 10.6 Å². The van der Waals surface area contributed by atoms with Crippen LogP contribution in [0.2, 0.25) is 0 Å². The molecule has 0 radical (unpaired) electrons. The van der Waals surface area contributed by atoms with Crippen LogP contribution in [-0.2, 0) is 24.3 Å². The number of hydrogen-bond donors (Lipinski definition) is 2. The molecule has 3 rings (SSSR count). The van der Waals surface area contributed by atoms with E-state index in [1.165, 1.54) is 18.5 Å². The van der Waals surface area contributed by atoms with Crippen molar-refractivity contribution in [1.82, 2.24) is 0 Å². The molecule has 0 saturated heterocycles. The topological polar surface area (TPSA) is 114 Å². The van der Waals surface area contributed by atoms with Gasteiger partial charge in [0.1, 0.15) is 12.4 Å². The number of sulfonamides is 1. The smallest absolute Gasteiger partial charge is 0.264 e. The van der Waals surface area contributed by atoms with Gasteiger partial charge >= 0.3 is 0 Å². The molecule has 0 saturated carbocycles. The van der Waals surface area contributed by atoms with Crippen LogP contribution in [0.1, 0.15) is 5.56 Å². The summed E-state index contributed by atoms with van der Waals surface area (Å²) in [6, 6.07) is 19.7. The summed E-state index contributed by atoms with van der Waals surface area (Å²) in [5.41, 5.74) is 2.44. The second-order valence-electron chi connectivity index (χ2n) is 7.68. The third-order valence-electron chi connectivity index (χ3n) is 4.96.